The van der Waals surface area contributed by atoms with Gasteiger partial charge in [0.25, 0.3) is 0 Å². The summed E-state index contributed by atoms with van der Waals surface area (Å²) >= 11 is 1.16. The number of hydrazine groups is 1. The van der Waals surface area contributed by atoms with E-state index in [-0.39, 0.29) is 6.09 Å². The van der Waals surface area contributed by atoms with Crippen LogP contribution in [0, 0.1) is 0 Å². The van der Waals surface area contributed by atoms with Crippen LogP contribution in [-0.2, 0) is 11.3 Å². The van der Waals surface area contributed by atoms with E-state index in [1.54, 1.807) is 4.90 Å². The Morgan fingerprint density at radius 2 is 2.57 bits per heavy atom. The van der Waals surface area contributed by atoms with Gasteiger partial charge >= 0.3 is 6.09 Å². The number of ether oxygens (including phenoxy) is 1. The summed E-state index contributed by atoms with van der Waals surface area (Å²) in [5.41, 5.74) is 3.14. The quantitative estimate of drug-likeness (QED) is 0.534. The summed E-state index contributed by atoms with van der Waals surface area (Å²) in [6.07, 6.45) is -0.319. The van der Waals surface area contributed by atoms with E-state index in [0.29, 0.717) is 30.4 Å². The van der Waals surface area contributed by atoms with Gasteiger partial charge in [0.05, 0.1) is 13.1 Å². The summed E-state index contributed by atoms with van der Waals surface area (Å²) in [5, 5.41) is 4.53. The molecular weight excluding hydrogens is 206 g/mol. The van der Waals surface area contributed by atoms with E-state index < -0.39 is 0 Å². The van der Waals surface area contributed by atoms with Crippen molar-refractivity contribution < 1.29 is 9.53 Å². The molecule has 0 bridgehead atoms. The first-order valence-corrected chi connectivity index (χ1v) is 4.78. The maximum absolute atomic E-state index is 11.1. The molecule has 2 rings (SSSR count). The van der Waals surface area contributed by atoms with Crippen LogP contribution in [0.3, 0.4) is 0 Å². The molecule has 1 aromatic heterocycles. The van der Waals surface area contributed by atoms with Gasteiger partial charge in [-0.1, -0.05) is 4.49 Å². The maximum Gasteiger partial charge on any atom is 0.410 e. The molecule has 0 aliphatic carbocycles. The Morgan fingerprint density at radius 1 is 1.71 bits per heavy atom. The van der Waals surface area contributed by atoms with Crippen LogP contribution in [0.2, 0.25) is 0 Å². The lowest BCUT2D eigenvalue weighted by Gasteiger charge is -2.10. The second-order valence-corrected chi connectivity index (χ2v) is 3.48. The van der Waals surface area contributed by atoms with Crippen molar-refractivity contribution >= 4 is 22.6 Å². The van der Waals surface area contributed by atoms with Crippen molar-refractivity contribution in [2.24, 2.45) is 5.84 Å². The number of nitrogen functional groups attached to an aromatic ring is 1. The number of nitrogens with zero attached hydrogens (tertiary/aromatic N) is 3. The zero-order chi connectivity index (χ0) is 9.97. The molecule has 76 valence electrons. The Hall–Kier alpha value is -1.41. The highest BCUT2D eigenvalue weighted by Crippen LogP contribution is 2.19. The zero-order valence-corrected chi connectivity index (χ0v) is 8.08. The fourth-order valence-electron chi connectivity index (χ4n) is 1.17. The van der Waals surface area contributed by atoms with Crippen LogP contribution in [-0.4, -0.2) is 33.7 Å². The lowest BCUT2D eigenvalue weighted by molar-refractivity contribution is 0.157. The minimum atomic E-state index is -0.319. The zero-order valence-electron chi connectivity index (χ0n) is 7.27. The van der Waals surface area contributed by atoms with E-state index >= 15 is 0 Å². The molecule has 0 radical (unpaired) electrons. The van der Waals surface area contributed by atoms with Crippen molar-refractivity contribution in [2.45, 2.75) is 6.54 Å². The minimum absolute atomic E-state index is 0.319. The lowest BCUT2D eigenvalue weighted by atomic mass is 10.4. The molecule has 1 fully saturated rings. The Kier molecular flexibility index (Phi) is 2.46. The lowest BCUT2D eigenvalue weighted by Crippen LogP contribution is -2.24. The third kappa shape index (κ3) is 1.61. The Balaban J connectivity index is 2.06. The summed E-state index contributed by atoms with van der Waals surface area (Å²) in [4.78, 5) is 12.7. The van der Waals surface area contributed by atoms with Crippen molar-refractivity contribution in [3.63, 3.8) is 0 Å². The van der Waals surface area contributed by atoms with Gasteiger partial charge in [0.2, 0.25) is 0 Å². The number of carbonyl (C=O) groups excluding carboxylic acids is 1. The monoisotopic (exact) mass is 215 g/mol. The molecule has 0 atom stereocenters. The number of hydrogen-bond acceptors (Lipinski definition) is 7. The highest BCUT2D eigenvalue weighted by Gasteiger charge is 2.23. The molecule has 8 heteroatoms. The molecular formula is C6H9N5O2S. The van der Waals surface area contributed by atoms with Crippen LogP contribution in [0.4, 0.5) is 9.80 Å². The van der Waals surface area contributed by atoms with Crippen molar-refractivity contribution in [1.82, 2.24) is 14.5 Å². The van der Waals surface area contributed by atoms with E-state index in [0.717, 1.165) is 11.5 Å². The Morgan fingerprint density at radius 3 is 3.21 bits per heavy atom. The summed E-state index contributed by atoms with van der Waals surface area (Å²) in [7, 11) is 0. The molecule has 3 N–H and O–H groups in total. The minimum Gasteiger partial charge on any atom is -0.448 e. The number of aromatic nitrogens is 2. The van der Waals surface area contributed by atoms with Gasteiger partial charge < -0.3 is 10.2 Å². The highest BCUT2D eigenvalue weighted by atomic mass is 32.1. The molecule has 0 saturated carbocycles. The van der Waals surface area contributed by atoms with E-state index in [9.17, 15) is 4.79 Å². The van der Waals surface area contributed by atoms with Gasteiger partial charge in [-0.2, -0.15) is 0 Å². The smallest absolute Gasteiger partial charge is 0.410 e. The first kappa shape index (κ1) is 9.16. The van der Waals surface area contributed by atoms with E-state index in [1.807, 2.05) is 0 Å². The Labute approximate surface area is 84.0 Å². The fraction of sp³-hybridized carbons (Fsp3) is 0.500. The van der Waals surface area contributed by atoms with Crippen LogP contribution in [0.5, 0.6) is 0 Å². The normalized spacial score (nSPS) is 15.8. The molecule has 1 saturated heterocycles. The molecule has 1 aromatic rings. The predicted octanol–water partition coefficient (Wildman–Crippen LogP) is -0.224. The van der Waals surface area contributed by atoms with E-state index in [1.165, 1.54) is 0 Å². The van der Waals surface area contributed by atoms with Crippen molar-refractivity contribution in [3.8, 4) is 0 Å². The molecule has 0 spiro atoms. The predicted molar refractivity (Wildman–Crippen MR) is 49.5 cm³/mol. The number of carbonyl (C=O) groups is 1. The number of cyclic esters (lactones) is 1. The number of anilines is 1. The average molecular weight is 215 g/mol. The second kappa shape index (κ2) is 3.76. The molecule has 7 nitrogen and oxygen atoms in total. The standard InChI is InChI=1S/C6H9N5O2S/c7-8-5-4(9-10-14-5)3-11-1-2-13-6(11)12/h8H,1-3,7H2. The molecule has 0 aromatic carbocycles. The van der Waals surface area contributed by atoms with Gasteiger partial charge in [0.1, 0.15) is 17.3 Å². The molecule has 2 heterocycles. The highest BCUT2D eigenvalue weighted by molar-refractivity contribution is 7.10. The maximum atomic E-state index is 11.1. The number of amides is 1. The molecule has 1 amide bonds. The SMILES string of the molecule is NNc1snnc1CN1CCOC1=O. The number of nitrogens with two attached hydrogens (primary N) is 1. The van der Waals surface area contributed by atoms with Crippen molar-refractivity contribution in [1.29, 1.82) is 0 Å². The first-order valence-electron chi connectivity index (χ1n) is 4.01. The van der Waals surface area contributed by atoms with Crippen LogP contribution in [0.1, 0.15) is 5.69 Å². The number of hydrogen-bond donors (Lipinski definition) is 2. The van der Waals surface area contributed by atoms with Gasteiger partial charge in [-0.25, -0.2) is 10.6 Å². The molecule has 0 unspecified atom stereocenters. The first-order chi connectivity index (χ1) is 6.81. The number of nitrogens with one attached hydrogen (secondary N) is 1. The molecule has 1 aliphatic rings. The fourth-order valence-corrected chi connectivity index (χ4v) is 1.66. The topological polar surface area (TPSA) is 93.4 Å². The summed E-state index contributed by atoms with van der Waals surface area (Å²) in [5.74, 6) is 5.25. The van der Waals surface area contributed by atoms with E-state index in [4.69, 9.17) is 10.6 Å². The van der Waals surface area contributed by atoms with Crippen LogP contribution in [0.15, 0.2) is 0 Å². The van der Waals surface area contributed by atoms with Gasteiger partial charge in [0.15, 0.2) is 0 Å². The third-order valence-electron chi connectivity index (χ3n) is 1.87. The van der Waals surface area contributed by atoms with Gasteiger partial charge in [0, 0.05) is 11.5 Å². The molecule has 1 aliphatic heterocycles. The van der Waals surface area contributed by atoms with Crippen LogP contribution in [0.25, 0.3) is 0 Å². The average Bonchev–Trinajstić information content (AvgIpc) is 2.77. The summed E-state index contributed by atoms with van der Waals surface area (Å²) in [6.45, 7) is 1.40. The van der Waals surface area contributed by atoms with E-state index in [2.05, 4.69) is 15.0 Å². The molecule has 14 heavy (non-hydrogen) atoms. The van der Waals surface area contributed by atoms with Crippen LogP contribution < -0.4 is 11.3 Å². The third-order valence-corrected chi connectivity index (χ3v) is 2.57. The van der Waals surface area contributed by atoms with Crippen LogP contribution >= 0.6 is 11.5 Å². The Bertz CT molecular complexity index is 341. The summed E-state index contributed by atoms with van der Waals surface area (Å²) in [6, 6.07) is 0. The summed E-state index contributed by atoms with van der Waals surface area (Å²) < 4.78 is 8.51. The van der Waals surface area contributed by atoms with Crippen molar-refractivity contribution in [2.75, 3.05) is 18.6 Å². The van der Waals surface area contributed by atoms with Gasteiger partial charge in [-0.05, 0) is 0 Å². The number of rotatable bonds is 3. The van der Waals surface area contributed by atoms with Gasteiger partial charge in [-0.15, -0.1) is 5.10 Å². The van der Waals surface area contributed by atoms with Crippen molar-refractivity contribution in [3.05, 3.63) is 5.69 Å². The largest absolute Gasteiger partial charge is 0.448 e. The van der Waals surface area contributed by atoms with Gasteiger partial charge in [-0.3, -0.25) is 4.90 Å². The second-order valence-electron chi connectivity index (χ2n) is 2.73.